The Labute approximate surface area is 129 Å². The SMILES string of the molecule is O=C(Nc1ccccc1C(=O)Nc1ncn[nH]1)c1cccs1. The lowest BCUT2D eigenvalue weighted by molar-refractivity contribution is 0.102. The second-order valence-electron chi connectivity index (χ2n) is 4.27. The molecule has 0 unspecified atom stereocenters. The van der Waals surface area contributed by atoms with Crippen molar-refractivity contribution in [2.24, 2.45) is 0 Å². The number of nitrogens with one attached hydrogen (secondary N) is 3. The first-order valence-electron chi connectivity index (χ1n) is 6.34. The fraction of sp³-hybridized carbons (Fsp3) is 0. The monoisotopic (exact) mass is 313 g/mol. The van der Waals surface area contributed by atoms with Gasteiger partial charge in [-0.25, -0.2) is 5.10 Å². The van der Waals surface area contributed by atoms with Crippen LogP contribution in [0, 0.1) is 0 Å². The van der Waals surface area contributed by atoms with E-state index in [2.05, 4.69) is 25.8 Å². The van der Waals surface area contributed by atoms with Gasteiger partial charge >= 0.3 is 0 Å². The highest BCUT2D eigenvalue weighted by Crippen LogP contribution is 2.18. The van der Waals surface area contributed by atoms with E-state index in [1.54, 1.807) is 36.4 Å². The third-order valence-electron chi connectivity index (χ3n) is 2.81. The highest BCUT2D eigenvalue weighted by Gasteiger charge is 2.15. The number of H-pyrrole nitrogens is 1. The highest BCUT2D eigenvalue weighted by atomic mass is 32.1. The smallest absolute Gasteiger partial charge is 0.265 e. The molecule has 0 aliphatic rings. The van der Waals surface area contributed by atoms with Crippen LogP contribution in [-0.2, 0) is 0 Å². The number of benzene rings is 1. The second kappa shape index (κ2) is 6.19. The van der Waals surface area contributed by atoms with Gasteiger partial charge in [-0.05, 0) is 23.6 Å². The van der Waals surface area contributed by atoms with Gasteiger partial charge in [-0.3, -0.25) is 14.9 Å². The van der Waals surface area contributed by atoms with Crippen LogP contribution in [0.4, 0.5) is 11.6 Å². The number of para-hydroxylation sites is 1. The van der Waals surface area contributed by atoms with Crippen LogP contribution >= 0.6 is 11.3 Å². The lowest BCUT2D eigenvalue weighted by Gasteiger charge is -2.09. The molecule has 110 valence electrons. The molecule has 0 bridgehead atoms. The predicted molar refractivity (Wildman–Crippen MR) is 83.1 cm³/mol. The second-order valence-corrected chi connectivity index (χ2v) is 5.21. The van der Waals surface area contributed by atoms with Crippen molar-refractivity contribution in [3.8, 4) is 0 Å². The minimum atomic E-state index is -0.390. The molecular formula is C14H11N5O2S. The topological polar surface area (TPSA) is 99.8 Å². The van der Waals surface area contributed by atoms with Crippen molar-refractivity contribution in [1.29, 1.82) is 0 Å². The number of aromatic amines is 1. The third kappa shape index (κ3) is 3.01. The molecule has 0 saturated heterocycles. The molecule has 0 aliphatic heterocycles. The zero-order valence-corrected chi connectivity index (χ0v) is 12.1. The predicted octanol–water partition coefficient (Wildman–Crippen LogP) is 2.37. The van der Waals surface area contributed by atoms with Crippen LogP contribution in [0.1, 0.15) is 20.0 Å². The van der Waals surface area contributed by atoms with Crippen LogP contribution in [0.25, 0.3) is 0 Å². The lowest BCUT2D eigenvalue weighted by Crippen LogP contribution is -2.18. The van der Waals surface area contributed by atoms with Gasteiger partial charge in [-0.15, -0.1) is 11.3 Å². The minimum Gasteiger partial charge on any atom is -0.321 e. The van der Waals surface area contributed by atoms with Crippen molar-refractivity contribution in [2.75, 3.05) is 10.6 Å². The van der Waals surface area contributed by atoms with E-state index in [9.17, 15) is 9.59 Å². The van der Waals surface area contributed by atoms with Gasteiger partial charge in [0.25, 0.3) is 11.8 Å². The molecule has 1 aromatic carbocycles. The summed E-state index contributed by atoms with van der Waals surface area (Å²) in [7, 11) is 0. The first kappa shape index (κ1) is 14.0. The molecule has 2 heterocycles. The minimum absolute atomic E-state index is 0.240. The summed E-state index contributed by atoms with van der Waals surface area (Å²) in [6.45, 7) is 0. The molecule has 0 fully saturated rings. The number of amides is 2. The van der Waals surface area contributed by atoms with Gasteiger partial charge in [0.2, 0.25) is 5.95 Å². The molecule has 0 saturated carbocycles. The van der Waals surface area contributed by atoms with E-state index in [-0.39, 0.29) is 17.8 Å². The lowest BCUT2D eigenvalue weighted by atomic mass is 10.1. The van der Waals surface area contributed by atoms with Crippen LogP contribution < -0.4 is 10.6 Å². The summed E-state index contributed by atoms with van der Waals surface area (Å²) in [6.07, 6.45) is 1.29. The number of rotatable bonds is 4. The van der Waals surface area contributed by atoms with Crippen molar-refractivity contribution < 1.29 is 9.59 Å². The average molecular weight is 313 g/mol. The van der Waals surface area contributed by atoms with Gasteiger partial charge in [0, 0.05) is 0 Å². The van der Waals surface area contributed by atoms with Crippen LogP contribution in [-0.4, -0.2) is 27.0 Å². The summed E-state index contributed by atoms with van der Waals surface area (Å²) in [6, 6.07) is 10.3. The summed E-state index contributed by atoms with van der Waals surface area (Å²) >= 11 is 1.33. The van der Waals surface area contributed by atoms with E-state index < -0.39 is 0 Å². The third-order valence-corrected chi connectivity index (χ3v) is 3.68. The van der Waals surface area contributed by atoms with Crippen molar-refractivity contribution in [1.82, 2.24) is 15.2 Å². The molecule has 0 atom stereocenters. The van der Waals surface area contributed by atoms with Crippen LogP contribution in [0.2, 0.25) is 0 Å². The molecule has 0 spiro atoms. The maximum atomic E-state index is 12.3. The number of hydrogen-bond donors (Lipinski definition) is 3. The van der Waals surface area contributed by atoms with E-state index in [1.165, 1.54) is 17.7 Å². The molecule has 3 rings (SSSR count). The number of thiophene rings is 1. The van der Waals surface area contributed by atoms with E-state index >= 15 is 0 Å². The van der Waals surface area contributed by atoms with Gasteiger partial charge in [-0.1, -0.05) is 18.2 Å². The summed E-state index contributed by atoms with van der Waals surface area (Å²) in [5.74, 6) is -0.405. The van der Waals surface area contributed by atoms with Crippen molar-refractivity contribution in [3.63, 3.8) is 0 Å². The number of nitrogens with zero attached hydrogens (tertiary/aromatic N) is 2. The summed E-state index contributed by atoms with van der Waals surface area (Å²) in [5, 5.41) is 13.3. The fourth-order valence-electron chi connectivity index (χ4n) is 1.82. The molecule has 3 N–H and O–H groups in total. The zero-order valence-electron chi connectivity index (χ0n) is 11.2. The largest absolute Gasteiger partial charge is 0.321 e. The fourth-order valence-corrected chi connectivity index (χ4v) is 2.44. The molecule has 3 aromatic rings. The number of carbonyl (C=O) groups excluding carboxylic acids is 2. The normalized spacial score (nSPS) is 10.2. The molecular weight excluding hydrogens is 302 g/mol. The Balaban J connectivity index is 1.80. The van der Waals surface area contributed by atoms with Crippen molar-refractivity contribution in [3.05, 3.63) is 58.5 Å². The molecule has 7 nitrogen and oxygen atoms in total. The van der Waals surface area contributed by atoms with Gasteiger partial charge in [0.05, 0.1) is 16.1 Å². The standard InChI is InChI=1S/C14H11N5O2S/c20-12(18-14-15-8-16-19-14)9-4-1-2-5-10(9)17-13(21)11-6-3-7-22-11/h1-8H,(H,17,21)(H2,15,16,18,19,20). The van der Waals surface area contributed by atoms with E-state index in [0.29, 0.717) is 16.1 Å². The van der Waals surface area contributed by atoms with Gasteiger partial charge < -0.3 is 5.32 Å². The molecule has 8 heteroatoms. The van der Waals surface area contributed by atoms with E-state index in [0.717, 1.165) is 0 Å². The maximum absolute atomic E-state index is 12.3. The van der Waals surface area contributed by atoms with Crippen LogP contribution in [0.3, 0.4) is 0 Å². The Bertz CT molecular complexity index is 783. The molecule has 2 amide bonds. The quantitative estimate of drug-likeness (QED) is 0.688. The zero-order chi connectivity index (χ0) is 15.4. The summed E-state index contributed by atoms with van der Waals surface area (Å²) in [4.78, 5) is 28.8. The number of carbonyl (C=O) groups is 2. The van der Waals surface area contributed by atoms with Gasteiger partial charge in [0.15, 0.2) is 0 Å². The molecule has 0 aliphatic carbocycles. The Morgan fingerprint density at radius 3 is 2.64 bits per heavy atom. The first-order chi connectivity index (χ1) is 10.7. The van der Waals surface area contributed by atoms with Crippen molar-refractivity contribution in [2.45, 2.75) is 0 Å². The summed E-state index contributed by atoms with van der Waals surface area (Å²) in [5.41, 5.74) is 0.765. The molecule has 22 heavy (non-hydrogen) atoms. The Hall–Kier alpha value is -3.00. The number of anilines is 2. The van der Waals surface area contributed by atoms with Gasteiger partial charge in [-0.2, -0.15) is 10.1 Å². The first-order valence-corrected chi connectivity index (χ1v) is 7.22. The Morgan fingerprint density at radius 1 is 1.05 bits per heavy atom. The van der Waals surface area contributed by atoms with Crippen LogP contribution in [0.5, 0.6) is 0 Å². The highest BCUT2D eigenvalue weighted by molar-refractivity contribution is 7.12. The van der Waals surface area contributed by atoms with Crippen LogP contribution in [0.15, 0.2) is 48.1 Å². The summed E-state index contributed by atoms with van der Waals surface area (Å²) < 4.78 is 0. The van der Waals surface area contributed by atoms with E-state index in [1.807, 2.05) is 5.38 Å². The Kier molecular flexibility index (Phi) is 3.92. The molecule has 2 aromatic heterocycles. The average Bonchev–Trinajstić information content (AvgIpc) is 3.21. The number of aromatic nitrogens is 3. The molecule has 0 radical (unpaired) electrons. The maximum Gasteiger partial charge on any atom is 0.265 e. The van der Waals surface area contributed by atoms with E-state index in [4.69, 9.17) is 0 Å². The number of hydrogen-bond acceptors (Lipinski definition) is 5. The Morgan fingerprint density at radius 2 is 1.91 bits per heavy atom. The van der Waals surface area contributed by atoms with Crippen molar-refractivity contribution >= 4 is 34.8 Å². The van der Waals surface area contributed by atoms with Gasteiger partial charge in [0.1, 0.15) is 6.33 Å².